The van der Waals surface area contributed by atoms with Crippen molar-refractivity contribution in [2.75, 3.05) is 0 Å². The number of aryl methyl sites for hydroxylation is 3. The van der Waals surface area contributed by atoms with E-state index in [1.54, 1.807) is 20.2 Å². The Kier molecular flexibility index (Phi) is 3.41. The first-order valence-electron chi connectivity index (χ1n) is 5.93. The van der Waals surface area contributed by atoms with Gasteiger partial charge in [-0.3, -0.25) is 9.48 Å². The fourth-order valence-corrected chi connectivity index (χ4v) is 2.06. The van der Waals surface area contributed by atoms with Gasteiger partial charge in [0.1, 0.15) is 0 Å². The minimum Gasteiger partial charge on any atom is -0.288 e. The van der Waals surface area contributed by atoms with Gasteiger partial charge in [-0.05, 0) is 31.5 Å². The highest BCUT2D eigenvalue weighted by molar-refractivity contribution is 6.10. The summed E-state index contributed by atoms with van der Waals surface area (Å²) in [6.45, 7) is 3.18. The van der Waals surface area contributed by atoms with E-state index in [1.165, 1.54) is 17.7 Å². The Hall–Kier alpha value is -2.11. The summed E-state index contributed by atoms with van der Waals surface area (Å²) in [5.74, 6) is -0.318. The van der Waals surface area contributed by atoms with E-state index >= 15 is 0 Å². The monoisotopic (exact) mass is 282 g/mol. The lowest BCUT2D eigenvalue weighted by Crippen LogP contribution is -2.09. The van der Waals surface area contributed by atoms with Crippen LogP contribution < -0.4 is 0 Å². The number of benzene rings is 1. The fraction of sp³-hybridized carbons (Fsp3) is 0.286. The Labute approximate surface area is 114 Å². The Morgan fingerprint density at radius 3 is 2.30 bits per heavy atom. The van der Waals surface area contributed by atoms with E-state index < -0.39 is 11.7 Å². The number of ketones is 1. The molecule has 0 amide bonds. The first-order chi connectivity index (χ1) is 9.20. The number of halogens is 3. The maximum Gasteiger partial charge on any atom is 0.416 e. The van der Waals surface area contributed by atoms with Gasteiger partial charge in [0.25, 0.3) is 0 Å². The van der Waals surface area contributed by atoms with Crippen molar-refractivity contribution in [1.29, 1.82) is 0 Å². The Bertz CT molecular complexity index is 672. The van der Waals surface area contributed by atoms with E-state index in [4.69, 9.17) is 0 Å². The summed E-state index contributed by atoms with van der Waals surface area (Å²) in [6.07, 6.45) is -2.84. The molecule has 0 aliphatic carbocycles. The summed E-state index contributed by atoms with van der Waals surface area (Å²) < 4.78 is 39.3. The van der Waals surface area contributed by atoms with E-state index in [0.29, 0.717) is 16.8 Å². The molecule has 1 aromatic carbocycles. The van der Waals surface area contributed by atoms with Gasteiger partial charge < -0.3 is 0 Å². The van der Waals surface area contributed by atoms with Crippen molar-refractivity contribution in [3.05, 3.63) is 52.3 Å². The lowest BCUT2D eigenvalue weighted by molar-refractivity contribution is -0.137. The van der Waals surface area contributed by atoms with Gasteiger partial charge in [0, 0.05) is 18.8 Å². The molecular formula is C14H13F3N2O. The number of hydrogen-bond donors (Lipinski definition) is 0. The molecule has 0 aliphatic rings. The quantitative estimate of drug-likeness (QED) is 0.792. The molecular weight excluding hydrogens is 269 g/mol. The standard InChI is InChI=1S/C14H13F3N2O/c1-8-6-10(14(15,16)17)4-5-11(8)13(20)12-7-19(3)18-9(12)2/h4-7H,1-3H3. The molecule has 106 valence electrons. The largest absolute Gasteiger partial charge is 0.416 e. The SMILES string of the molecule is Cc1cc(C(F)(F)F)ccc1C(=O)c1cn(C)nc1C. The molecule has 20 heavy (non-hydrogen) atoms. The number of carbonyl (C=O) groups is 1. The second kappa shape index (κ2) is 4.77. The molecule has 0 N–H and O–H groups in total. The first kappa shape index (κ1) is 14.3. The van der Waals surface area contributed by atoms with Crippen LogP contribution in [-0.2, 0) is 13.2 Å². The fourth-order valence-electron chi connectivity index (χ4n) is 2.06. The molecule has 1 aromatic heterocycles. The molecule has 0 saturated heterocycles. The molecule has 0 atom stereocenters. The highest BCUT2D eigenvalue weighted by Crippen LogP contribution is 2.31. The third-order valence-electron chi connectivity index (χ3n) is 3.06. The summed E-state index contributed by atoms with van der Waals surface area (Å²) in [5, 5.41) is 4.06. The van der Waals surface area contributed by atoms with Gasteiger partial charge in [0.2, 0.25) is 0 Å². The lowest BCUT2D eigenvalue weighted by atomic mass is 9.97. The Morgan fingerprint density at radius 2 is 1.85 bits per heavy atom. The molecule has 2 aromatic rings. The van der Waals surface area contributed by atoms with Crippen molar-refractivity contribution in [3.63, 3.8) is 0 Å². The van der Waals surface area contributed by atoms with Crippen LogP contribution in [0.25, 0.3) is 0 Å². The number of nitrogens with zero attached hydrogens (tertiary/aromatic N) is 2. The van der Waals surface area contributed by atoms with Crippen molar-refractivity contribution >= 4 is 5.78 Å². The zero-order valence-corrected chi connectivity index (χ0v) is 11.2. The highest BCUT2D eigenvalue weighted by Gasteiger charge is 2.31. The van der Waals surface area contributed by atoms with Crippen LogP contribution in [-0.4, -0.2) is 15.6 Å². The minimum atomic E-state index is -4.41. The van der Waals surface area contributed by atoms with Crippen molar-refractivity contribution in [2.24, 2.45) is 7.05 Å². The predicted molar refractivity (Wildman–Crippen MR) is 67.6 cm³/mol. The number of hydrogen-bond acceptors (Lipinski definition) is 2. The first-order valence-corrected chi connectivity index (χ1v) is 5.93. The molecule has 3 nitrogen and oxygen atoms in total. The maximum absolute atomic E-state index is 12.6. The van der Waals surface area contributed by atoms with Crippen LogP contribution in [0.15, 0.2) is 24.4 Å². The Morgan fingerprint density at radius 1 is 1.20 bits per heavy atom. The van der Waals surface area contributed by atoms with Crippen LogP contribution in [0, 0.1) is 13.8 Å². The third-order valence-corrected chi connectivity index (χ3v) is 3.06. The molecule has 0 saturated carbocycles. The number of aromatic nitrogens is 2. The maximum atomic E-state index is 12.6. The van der Waals surface area contributed by atoms with E-state index in [0.717, 1.165) is 12.1 Å². The average molecular weight is 282 g/mol. The number of alkyl halides is 3. The van der Waals surface area contributed by atoms with Crippen molar-refractivity contribution in [3.8, 4) is 0 Å². The molecule has 0 spiro atoms. The normalized spacial score (nSPS) is 11.7. The van der Waals surface area contributed by atoms with E-state index in [1.807, 2.05) is 0 Å². The molecule has 0 aliphatic heterocycles. The molecule has 1 heterocycles. The van der Waals surface area contributed by atoms with Crippen LogP contribution in [0.5, 0.6) is 0 Å². The van der Waals surface area contributed by atoms with Crippen LogP contribution in [0.2, 0.25) is 0 Å². The van der Waals surface area contributed by atoms with Crippen LogP contribution >= 0.6 is 0 Å². The van der Waals surface area contributed by atoms with E-state index in [2.05, 4.69) is 5.10 Å². The average Bonchev–Trinajstić information content (AvgIpc) is 2.66. The molecule has 0 fully saturated rings. The van der Waals surface area contributed by atoms with Gasteiger partial charge in [0.05, 0.1) is 16.8 Å². The molecule has 0 unspecified atom stereocenters. The van der Waals surface area contributed by atoms with Gasteiger partial charge in [-0.2, -0.15) is 18.3 Å². The van der Waals surface area contributed by atoms with E-state index in [-0.39, 0.29) is 11.3 Å². The summed E-state index contributed by atoms with van der Waals surface area (Å²) in [4.78, 5) is 12.3. The second-order valence-electron chi connectivity index (χ2n) is 4.66. The van der Waals surface area contributed by atoms with Crippen LogP contribution in [0.1, 0.15) is 32.7 Å². The van der Waals surface area contributed by atoms with Gasteiger partial charge in [-0.25, -0.2) is 0 Å². The van der Waals surface area contributed by atoms with Crippen molar-refractivity contribution in [1.82, 2.24) is 9.78 Å². The highest BCUT2D eigenvalue weighted by atomic mass is 19.4. The smallest absolute Gasteiger partial charge is 0.288 e. The van der Waals surface area contributed by atoms with Gasteiger partial charge in [-0.1, -0.05) is 6.07 Å². The summed E-state index contributed by atoms with van der Waals surface area (Å²) in [6, 6.07) is 3.12. The number of carbonyl (C=O) groups excluding carboxylic acids is 1. The zero-order valence-electron chi connectivity index (χ0n) is 11.2. The van der Waals surface area contributed by atoms with Crippen molar-refractivity contribution in [2.45, 2.75) is 20.0 Å². The van der Waals surface area contributed by atoms with Gasteiger partial charge in [-0.15, -0.1) is 0 Å². The molecule has 0 bridgehead atoms. The Balaban J connectivity index is 2.44. The molecule has 0 radical (unpaired) electrons. The summed E-state index contributed by atoms with van der Waals surface area (Å²) in [5.41, 5.74) is 0.754. The molecule has 2 rings (SSSR count). The van der Waals surface area contributed by atoms with Gasteiger partial charge >= 0.3 is 6.18 Å². The summed E-state index contributed by atoms with van der Waals surface area (Å²) >= 11 is 0. The second-order valence-corrected chi connectivity index (χ2v) is 4.66. The zero-order chi connectivity index (χ0) is 15.1. The lowest BCUT2D eigenvalue weighted by Gasteiger charge is -2.10. The third kappa shape index (κ3) is 2.59. The summed E-state index contributed by atoms with van der Waals surface area (Å²) in [7, 11) is 1.68. The minimum absolute atomic E-state index is 0.258. The predicted octanol–water partition coefficient (Wildman–Crippen LogP) is 3.29. The topological polar surface area (TPSA) is 34.9 Å². The van der Waals surface area contributed by atoms with Crippen LogP contribution in [0.4, 0.5) is 13.2 Å². The van der Waals surface area contributed by atoms with Crippen molar-refractivity contribution < 1.29 is 18.0 Å². The van der Waals surface area contributed by atoms with Crippen LogP contribution in [0.3, 0.4) is 0 Å². The van der Waals surface area contributed by atoms with Gasteiger partial charge in [0.15, 0.2) is 5.78 Å². The number of rotatable bonds is 2. The van der Waals surface area contributed by atoms with E-state index in [9.17, 15) is 18.0 Å². The molecule has 6 heteroatoms.